The Kier molecular flexibility index (Phi) is 7.92. The summed E-state index contributed by atoms with van der Waals surface area (Å²) in [5.74, 6) is 0.967. The Hall–Kier alpha value is -0.0800. The maximum Gasteiger partial charge on any atom is 0.0817 e. The highest BCUT2D eigenvalue weighted by Crippen LogP contribution is 2.29. The topological polar surface area (TPSA) is 23.1 Å². The summed E-state index contributed by atoms with van der Waals surface area (Å²) in [5.41, 5.74) is 0. The molecule has 2 atom stereocenters. The minimum absolute atomic E-state index is 0.118. The maximum atomic E-state index is 10.6. The fourth-order valence-corrected chi connectivity index (χ4v) is 3.48. The number of unbranched alkanes of at least 4 members (excludes halogenated alkanes) is 3. The molecule has 2 heteroatoms. The summed E-state index contributed by atoms with van der Waals surface area (Å²) in [6.45, 7) is 10.1. The van der Waals surface area contributed by atoms with Gasteiger partial charge in [-0.3, -0.25) is 0 Å². The van der Waals surface area contributed by atoms with Crippen molar-refractivity contribution in [2.24, 2.45) is 5.92 Å². The maximum absolute atomic E-state index is 10.6. The van der Waals surface area contributed by atoms with E-state index in [-0.39, 0.29) is 6.61 Å². The van der Waals surface area contributed by atoms with Crippen molar-refractivity contribution >= 4 is 0 Å². The first-order chi connectivity index (χ1) is 8.76. The second kappa shape index (κ2) is 8.92. The van der Waals surface area contributed by atoms with Crippen LogP contribution in [0.5, 0.6) is 0 Å². The molecule has 0 N–H and O–H groups in total. The van der Waals surface area contributed by atoms with Crippen molar-refractivity contribution in [2.75, 3.05) is 32.8 Å². The van der Waals surface area contributed by atoms with Crippen molar-refractivity contribution in [2.45, 2.75) is 65.2 Å². The number of hydrogen-bond acceptors (Lipinski definition) is 1. The standard InChI is InChI=1S/C16H33NO/c1-3-5-9-16-10-13-17(15-16,11-6-4-2)12-7-8-14-18/h16H,3-15H2,1-2H3. The Labute approximate surface area is 114 Å². The second-order valence-electron chi connectivity index (χ2n) is 6.26. The van der Waals surface area contributed by atoms with Gasteiger partial charge < -0.3 is 9.59 Å². The van der Waals surface area contributed by atoms with Crippen molar-refractivity contribution in [3.63, 3.8) is 0 Å². The molecule has 1 aliphatic rings. The smallest absolute Gasteiger partial charge is 0.0817 e. The van der Waals surface area contributed by atoms with Crippen molar-refractivity contribution in [1.29, 1.82) is 0 Å². The van der Waals surface area contributed by atoms with Crippen LogP contribution in [0, 0.1) is 5.92 Å². The molecule has 18 heavy (non-hydrogen) atoms. The monoisotopic (exact) mass is 255 g/mol. The molecule has 1 rings (SSSR count). The van der Waals surface area contributed by atoms with Crippen molar-refractivity contribution in [1.82, 2.24) is 0 Å². The number of nitrogens with zero attached hydrogens (tertiary/aromatic N) is 1. The third-order valence-corrected chi connectivity index (χ3v) is 4.64. The molecule has 0 spiro atoms. The molecule has 2 unspecified atom stereocenters. The molecule has 0 aromatic carbocycles. The van der Waals surface area contributed by atoms with Gasteiger partial charge >= 0.3 is 0 Å². The van der Waals surface area contributed by atoms with Gasteiger partial charge in [0.25, 0.3) is 0 Å². The Morgan fingerprint density at radius 3 is 2.39 bits per heavy atom. The average molecular weight is 255 g/mol. The largest absolute Gasteiger partial charge is 0.854 e. The molecule has 1 fully saturated rings. The number of rotatable bonds is 10. The van der Waals surface area contributed by atoms with Gasteiger partial charge in [0, 0.05) is 12.3 Å². The third-order valence-electron chi connectivity index (χ3n) is 4.64. The molecule has 1 aliphatic heterocycles. The van der Waals surface area contributed by atoms with Gasteiger partial charge in [-0.15, -0.1) is 6.61 Å². The Balaban J connectivity index is 2.40. The van der Waals surface area contributed by atoms with Crippen LogP contribution in [-0.4, -0.2) is 37.3 Å². The van der Waals surface area contributed by atoms with Crippen LogP contribution in [0.25, 0.3) is 0 Å². The average Bonchev–Trinajstić information content (AvgIpc) is 2.78. The summed E-state index contributed by atoms with van der Waals surface area (Å²) >= 11 is 0. The fraction of sp³-hybridized carbons (Fsp3) is 1.00. The van der Waals surface area contributed by atoms with Crippen molar-refractivity contribution in [3.8, 4) is 0 Å². The van der Waals surface area contributed by atoms with E-state index in [0.29, 0.717) is 0 Å². The molecule has 1 saturated heterocycles. The van der Waals surface area contributed by atoms with E-state index in [0.717, 1.165) is 18.8 Å². The third kappa shape index (κ3) is 5.27. The minimum Gasteiger partial charge on any atom is -0.854 e. The molecular weight excluding hydrogens is 222 g/mol. The lowest BCUT2D eigenvalue weighted by molar-refractivity contribution is -0.918. The molecule has 2 nitrogen and oxygen atoms in total. The molecule has 0 aromatic heterocycles. The first-order valence-corrected chi connectivity index (χ1v) is 8.19. The Morgan fingerprint density at radius 1 is 1.00 bits per heavy atom. The molecule has 0 aliphatic carbocycles. The molecule has 0 radical (unpaired) electrons. The van der Waals surface area contributed by atoms with E-state index < -0.39 is 0 Å². The van der Waals surface area contributed by atoms with Crippen LogP contribution in [0.4, 0.5) is 0 Å². The summed E-state index contributed by atoms with van der Waals surface area (Å²) < 4.78 is 1.34. The molecule has 0 bridgehead atoms. The normalized spacial score (nSPS) is 27.8. The van der Waals surface area contributed by atoms with Crippen LogP contribution in [0.2, 0.25) is 0 Å². The van der Waals surface area contributed by atoms with Crippen molar-refractivity contribution in [3.05, 3.63) is 0 Å². The fourth-order valence-electron chi connectivity index (χ4n) is 3.48. The van der Waals surface area contributed by atoms with Crippen LogP contribution in [0.1, 0.15) is 65.2 Å². The zero-order valence-electron chi connectivity index (χ0n) is 12.6. The highest BCUT2D eigenvalue weighted by Gasteiger charge is 2.36. The first kappa shape index (κ1) is 16.0. The van der Waals surface area contributed by atoms with Gasteiger partial charge in [-0.05, 0) is 19.3 Å². The van der Waals surface area contributed by atoms with Gasteiger partial charge in [-0.1, -0.05) is 39.5 Å². The van der Waals surface area contributed by atoms with Crippen LogP contribution < -0.4 is 5.11 Å². The van der Waals surface area contributed by atoms with Gasteiger partial charge in [-0.25, -0.2) is 0 Å². The summed E-state index contributed by atoms with van der Waals surface area (Å²) in [4.78, 5) is 0. The molecule has 0 aromatic rings. The first-order valence-electron chi connectivity index (χ1n) is 8.19. The Morgan fingerprint density at radius 2 is 1.72 bits per heavy atom. The zero-order valence-corrected chi connectivity index (χ0v) is 12.6. The van der Waals surface area contributed by atoms with Gasteiger partial charge in [0.15, 0.2) is 0 Å². The highest BCUT2D eigenvalue weighted by atomic mass is 16.2. The van der Waals surface area contributed by atoms with E-state index in [4.69, 9.17) is 0 Å². The molecule has 0 saturated carbocycles. The predicted molar refractivity (Wildman–Crippen MR) is 76.4 cm³/mol. The molecular formula is C16H33NO. The van der Waals surface area contributed by atoms with E-state index in [1.54, 1.807) is 0 Å². The van der Waals surface area contributed by atoms with Crippen LogP contribution in [0.3, 0.4) is 0 Å². The van der Waals surface area contributed by atoms with Crippen LogP contribution in [-0.2, 0) is 0 Å². The summed E-state index contributed by atoms with van der Waals surface area (Å²) in [5, 5.41) is 10.6. The second-order valence-corrected chi connectivity index (χ2v) is 6.26. The predicted octanol–water partition coefficient (Wildman–Crippen LogP) is 2.95. The van der Waals surface area contributed by atoms with Gasteiger partial charge in [0.2, 0.25) is 0 Å². The summed E-state index contributed by atoms with van der Waals surface area (Å²) in [7, 11) is 0. The zero-order chi connectivity index (χ0) is 13.3. The molecule has 1 heterocycles. The number of quaternary nitrogens is 1. The van der Waals surface area contributed by atoms with Gasteiger partial charge in [0.1, 0.15) is 0 Å². The number of hydrogen-bond donors (Lipinski definition) is 0. The SMILES string of the molecule is CCCCC1CC[N+](CCCC)(CCCC[O-])C1. The lowest BCUT2D eigenvalue weighted by Gasteiger charge is -2.35. The lowest BCUT2D eigenvalue weighted by Crippen LogP contribution is -2.47. The van der Waals surface area contributed by atoms with Gasteiger partial charge in [-0.2, -0.15) is 0 Å². The molecule has 0 amide bonds. The van der Waals surface area contributed by atoms with E-state index in [1.165, 1.54) is 69.2 Å². The van der Waals surface area contributed by atoms with E-state index in [1.807, 2.05) is 0 Å². The van der Waals surface area contributed by atoms with E-state index in [2.05, 4.69) is 13.8 Å². The van der Waals surface area contributed by atoms with E-state index in [9.17, 15) is 5.11 Å². The lowest BCUT2D eigenvalue weighted by atomic mass is 10.0. The van der Waals surface area contributed by atoms with Crippen LogP contribution in [0.15, 0.2) is 0 Å². The Bertz CT molecular complexity index is 207. The summed E-state index contributed by atoms with van der Waals surface area (Å²) in [6, 6.07) is 0. The highest BCUT2D eigenvalue weighted by molar-refractivity contribution is 4.67. The van der Waals surface area contributed by atoms with Crippen LogP contribution >= 0.6 is 0 Å². The van der Waals surface area contributed by atoms with Crippen molar-refractivity contribution < 1.29 is 9.59 Å². The minimum atomic E-state index is 0.118. The summed E-state index contributed by atoms with van der Waals surface area (Å²) in [6.07, 6.45) is 10.3. The van der Waals surface area contributed by atoms with Gasteiger partial charge in [0.05, 0.1) is 26.2 Å². The van der Waals surface area contributed by atoms with E-state index >= 15 is 0 Å². The number of likely N-dealkylation sites (tertiary alicyclic amines) is 1. The quantitative estimate of drug-likeness (QED) is 0.435. The molecule has 108 valence electrons.